The molecule has 0 spiro atoms. The van der Waals surface area contributed by atoms with Crippen LogP contribution >= 0.6 is 22.9 Å². The van der Waals surface area contributed by atoms with Crippen molar-refractivity contribution < 1.29 is 4.74 Å². The van der Waals surface area contributed by atoms with Crippen molar-refractivity contribution in [2.24, 2.45) is 5.73 Å². The third-order valence-electron chi connectivity index (χ3n) is 2.16. The van der Waals surface area contributed by atoms with Crippen molar-refractivity contribution in [1.29, 1.82) is 0 Å². The number of hydrogen-bond acceptors (Lipinski definition) is 4. The van der Waals surface area contributed by atoms with Crippen molar-refractivity contribution in [3.05, 3.63) is 34.3 Å². The highest BCUT2D eigenvalue weighted by Gasteiger charge is 2.07. The van der Waals surface area contributed by atoms with Crippen LogP contribution in [0.5, 0.6) is 5.75 Å². The van der Waals surface area contributed by atoms with Crippen molar-refractivity contribution in [2.75, 3.05) is 7.11 Å². The molecular formula is C11H11ClN2OS. The molecule has 0 amide bonds. The third kappa shape index (κ3) is 2.19. The van der Waals surface area contributed by atoms with Crippen molar-refractivity contribution >= 4 is 22.9 Å². The number of nitrogens with two attached hydrogens (primary N) is 1. The molecule has 0 aliphatic heterocycles. The lowest BCUT2D eigenvalue weighted by Crippen LogP contribution is -1.95. The molecule has 2 N–H and O–H groups in total. The number of benzene rings is 1. The summed E-state index contributed by atoms with van der Waals surface area (Å²) in [6.45, 7) is 0.459. The van der Waals surface area contributed by atoms with Gasteiger partial charge in [-0.3, -0.25) is 0 Å². The second-order valence-corrected chi connectivity index (χ2v) is 4.46. The first-order valence-corrected chi connectivity index (χ1v) is 5.98. The minimum absolute atomic E-state index is 0.459. The first-order valence-electron chi connectivity index (χ1n) is 4.73. The molecule has 0 unspecified atom stereocenters. The van der Waals surface area contributed by atoms with Crippen molar-refractivity contribution in [2.45, 2.75) is 6.54 Å². The molecule has 3 nitrogen and oxygen atoms in total. The quantitative estimate of drug-likeness (QED) is 0.916. The summed E-state index contributed by atoms with van der Waals surface area (Å²) in [4.78, 5) is 4.39. The van der Waals surface area contributed by atoms with E-state index < -0.39 is 0 Å². The summed E-state index contributed by atoms with van der Waals surface area (Å²) in [5, 5.41) is 3.46. The summed E-state index contributed by atoms with van der Waals surface area (Å²) in [7, 11) is 1.59. The Labute approximate surface area is 103 Å². The minimum atomic E-state index is 0.459. The van der Waals surface area contributed by atoms with Gasteiger partial charge in [-0.05, 0) is 18.2 Å². The first kappa shape index (κ1) is 11.4. The molecule has 0 aliphatic rings. The van der Waals surface area contributed by atoms with E-state index >= 15 is 0 Å². The molecule has 5 heteroatoms. The van der Waals surface area contributed by atoms with E-state index in [0.29, 0.717) is 17.3 Å². The van der Waals surface area contributed by atoms with Crippen LogP contribution in [0.4, 0.5) is 0 Å². The van der Waals surface area contributed by atoms with Crippen LogP contribution in [0.3, 0.4) is 0 Å². The molecule has 1 heterocycles. The highest BCUT2D eigenvalue weighted by Crippen LogP contribution is 2.31. The topological polar surface area (TPSA) is 48.1 Å². The molecule has 2 rings (SSSR count). The predicted molar refractivity (Wildman–Crippen MR) is 67.0 cm³/mol. The Balaban J connectivity index is 2.37. The van der Waals surface area contributed by atoms with Crippen LogP contribution < -0.4 is 10.5 Å². The number of rotatable bonds is 3. The molecular weight excluding hydrogens is 244 g/mol. The Bertz CT molecular complexity index is 498. The third-order valence-corrected chi connectivity index (χ3v) is 3.40. The molecule has 16 heavy (non-hydrogen) atoms. The first-order chi connectivity index (χ1) is 7.74. The maximum absolute atomic E-state index is 6.05. The predicted octanol–water partition coefficient (Wildman–Crippen LogP) is 2.93. The van der Waals surface area contributed by atoms with Gasteiger partial charge in [-0.25, -0.2) is 4.98 Å². The van der Waals surface area contributed by atoms with E-state index in [-0.39, 0.29) is 0 Å². The number of aromatic nitrogens is 1. The maximum Gasteiger partial charge on any atom is 0.137 e. The van der Waals surface area contributed by atoms with Gasteiger partial charge in [-0.15, -0.1) is 11.3 Å². The summed E-state index contributed by atoms with van der Waals surface area (Å²) in [6, 6.07) is 5.62. The Morgan fingerprint density at radius 3 is 2.88 bits per heavy atom. The van der Waals surface area contributed by atoms with E-state index in [1.165, 1.54) is 0 Å². The zero-order chi connectivity index (χ0) is 11.5. The highest BCUT2D eigenvalue weighted by atomic mass is 35.5. The van der Waals surface area contributed by atoms with Crippen molar-refractivity contribution in [3.63, 3.8) is 0 Å². The van der Waals surface area contributed by atoms with Crippen LogP contribution in [0.2, 0.25) is 5.02 Å². The van der Waals surface area contributed by atoms with Crippen LogP contribution in [0.15, 0.2) is 23.6 Å². The van der Waals surface area contributed by atoms with Gasteiger partial charge in [0.15, 0.2) is 0 Å². The standard InChI is InChI=1S/C11H11ClN2OS/c1-15-10-3-2-7(4-9(10)12)11-14-8(5-13)6-16-11/h2-4,6H,5,13H2,1H3. The number of methoxy groups -OCH3 is 1. The lowest BCUT2D eigenvalue weighted by atomic mass is 10.2. The van der Waals surface area contributed by atoms with Gasteiger partial charge in [0, 0.05) is 17.5 Å². The molecule has 1 aromatic heterocycles. The highest BCUT2D eigenvalue weighted by molar-refractivity contribution is 7.13. The number of hydrogen-bond donors (Lipinski definition) is 1. The van der Waals surface area contributed by atoms with Gasteiger partial charge >= 0.3 is 0 Å². The zero-order valence-corrected chi connectivity index (χ0v) is 10.3. The SMILES string of the molecule is COc1ccc(-c2nc(CN)cs2)cc1Cl. The van der Waals surface area contributed by atoms with E-state index in [1.807, 2.05) is 23.6 Å². The van der Waals surface area contributed by atoms with Crippen LogP contribution in [0.1, 0.15) is 5.69 Å². The van der Waals surface area contributed by atoms with Crippen molar-refractivity contribution in [1.82, 2.24) is 4.98 Å². The summed E-state index contributed by atoms with van der Waals surface area (Å²) < 4.78 is 5.09. The van der Waals surface area contributed by atoms with Gasteiger partial charge in [0.1, 0.15) is 10.8 Å². The zero-order valence-electron chi connectivity index (χ0n) is 8.74. The molecule has 0 saturated carbocycles. The average Bonchev–Trinajstić information content (AvgIpc) is 2.77. The molecule has 0 bridgehead atoms. The number of halogens is 1. The molecule has 0 fully saturated rings. The number of ether oxygens (including phenoxy) is 1. The van der Waals surface area contributed by atoms with Crippen LogP contribution in [0, 0.1) is 0 Å². The molecule has 1 aromatic carbocycles. The molecule has 0 aliphatic carbocycles. The summed E-state index contributed by atoms with van der Waals surface area (Å²) in [5.74, 6) is 0.668. The lowest BCUT2D eigenvalue weighted by molar-refractivity contribution is 0.415. The summed E-state index contributed by atoms with van der Waals surface area (Å²) >= 11 is 7.61. The smallest absolute Gasteiger partial charge is 0.137 e. The van der Waals surface area contributed by atoms with Gasteiger partial charge in [-0.1, -0.05) is 11.6 Å². The fraction of sp³-hybridized carbons (Fsp3) is 0.182. The molecule has 0 saturated heterocycles. The fourth-order valence-electron chi connectivity index (χ4n) is 1.33. The number of thiazole rings is 1. The molecule has 0 atom stereocenters. The lowest BCUT2D eigenvalue weighted by Gasteiger charge is -2.03. The van der Waals surface area contributed by atoms with Crippen LogP contribution in [-0.4, -0.2) is 12.1 Å². The Morgan fingerprint density at radius 2 is 2.31 bits per heavy atom. The Morgan fingerprint density at radius 1 is 1.50 bits per heavy atom. The van der Waals surface area contributed by atoms with Gasteiger partial charge in [0.2, 0.25) is 0 Å². The van der Waals surface area contributed by atoms with Crippen LogP contribution in [-0.2, 0) is 6.54 Å². The fourth-order valence-corrected chi connectivity index (χ4v) is 2.42. The normalized spacial score (nSPS) is 10.4. The molecule has 84 valence electrons. The second-order valence-electron chi connectivity index (χ2n) is 3.20. The van der Waals surface area contributed by atoms with E-state index in [9.17, 15) is 0 Å². The second kappa shape index (κ2) is 4.82. The van der Waals surface area contributed by atoms with Crippen molar-refractivity contribution in [3.8, 4) is 16.3 Å². The molecule has 0 radical (unpaired) electrons. The van der Waals surface area contributed by atoms with Crippen LogP contribution in [0.25, 0.3) is 10.6 Å². The van der Waals surface area contributed by atoms with Gasteiger partial charge in [0.25, 0.3) is 0 Å². The van der Waals surface area contributed by atoms with E-state index in [1.54, 1.807) is 18.4 Å². The monoisotopic (exact) mass is 254 g/mol. The van der Waals surface area contributed by atoms with Gasteiger partial charge < -0.3 is 10.5 Å². The van der Waals surface area contributed by atoms with E-state index in [0.717, 1.165) is 16.3 Å². The van der Waals surface area contributed by atoms with Gasteiger partial charge in [0.05, 0.1) is 17.8 Å². The summed E-state index contributed by atoms with van der Waals surface area (Å²) in [6.07, 6.45) is 0. The average molecular weight is 255 g/mol. The molecule has 2 aromatic rings. The van der Waals surface area contributed by atoms with E-state index in [2.05, 4.69) is 4.98 Å². The van der Waals surface area contributed by atoms with Gasteiger partial charge in [-0.2, -0.15) is 0 Å². The largest absolute Gasteiger partial charge is 0.495 e. The Kier molecular flexibility index (Phi) is 3.43. The Hall–Kier alpha value is -1.10. The summed E-state index contributed by atoms with van der Waals surface area (Å²) in [5.41, 5.74) is 7.39. The number of nitrogens with zero attached hydrogens (tertiary/aromatic N) is 1. The minimum Gasteiger partial charge on any atom is -0.495 e. The maximum atomic E-state index is 6.05. The van der Waals surface area contributed by atoms with E-state index in [4.69, 9.17) is 22.1 Å².